The van der Waals surface area contributed by atoms with E-state index in [-0.39, 0.29) is 11.9 Å². The summed E-state index contributed by atoms with van der Waals surface area (Å²) >= 11 is 1.65. The first kappa shape index (κ1) is 24.2. The monoisotopic (exact) mass is 497 g/mol. The Kier molecular flexibility index (Phi) is 7.69. The van der Waals surface area contributed by atoms with Gasteiger partial charge in [0.1, 0.15) is 5.69 Å². The lowest BCUT2D eigenvalue weighted by Gasteiger charge is -2.36. The number of piperidine rings is 1. The number of aromatic nitrogens is 3. The third-order valence-corrected chi connectivity index (χ3v) is 7.66. The minimum absolute atomic E-state index is 0.0338. The first-order valence-electron chi connectivity index (χ1n) is 12.4. The van der Waals surface area contributed by atoms with Gasteiger partial charge < -0.3 is 9.80 Å². The van der Waals surface area contributed by atoms with Gasteiger partial charge in [-0.05, 0) is 54.6 Å². The number of likely N-dealkylation sites (N-methyl/N-ethyl adjacent to an activating group) is 1. The Morgan fingerprint density at radius 3 is 2.61 bits per heavy atom. The number of hydrogen-bond donors (Lipinski definition) is 0. The van der Waals surface area contributed by atoms with Gasteiger partial charge in [0.05, 0.1) is 10.6 Å². The van der Waals surface area contributed by atoms with Gasteiger partial charge in [-0.3, -0.25) is 9.78 Å². The zero-order valence-electron chi connectivity index (χ0n) is 20.5. The number of nitrogens with zero attached hydrogens (tertiary/aromatic N) is 5. The van der Waals surface area contributed by atoms with Crippen molar-refractivity contribution in [2.24, 2.45) is 0 Å². The van der Waals surface area contributed by atoms with Crippen LogP contribution in [0, 0.1) is 0 Å². The van der Waals surface area contributed by atoms with Crippen LogP contribution in [0.2, 0.25) is 0 Å². The van der Waals surface area contributed by atoms with Crippen LogP contribution in [0.25, 0.3) is 22.3 Å². The second kappa shape index (κ2) is 11.5. The summed E-state index contributed by atoms with van der Waals surface area (Å²) < 4.78 is 1.88. The van der Waals surface area contributed by atoms with Gasteiger partial charge >= 0.3 is 0 Å². The molecule has 1 aromatic carbocycles. The SMILES string of the molecule is CN(C(=O)/C=C/c1cn(-c2ccccc2)nc1-c1cccs1)C1CCN(CCc2ccccn2)CC1. The molecule has 4 aromatic rings. The number of pyridine rings is 1. The molecule has 1 amide bonds. The highest BCUT2D eigenvalue weighted by Gasteiger charge is 2.24. The molecule has 0 unspecified atom stereocenters. The molecule has 7 heteroatoms. The van der Waals surface area contributed by atoms with Crippen molar-refractivity contribution in [3.63, 3.8) is 0 Å². The van der Waals surface area contributed by atoms with Crippen molar-refractivity contribution in [1.82, 2.24) is 24.6 Å². The van der Waals surface area contributed by atoms with Gasteiger partial charge in [-0.1, -0.05) is 30.3 Å². The Labute approximate surface area is 216 Å². The summed E-state index contributed by atoms with van der Waals surface area (Å²) in [6, 6.07) is 20.5. The van der Waals surface area contributed by atoms with Crippen molar-refractivity contribution in [1.29, 1.82) is 0 Å². The maximum absolute atomic E-state index is 13.1. The fourth-order valence-corrected chi connectivity index (χ4v) is 5.37. The molecule has 1 aliphatic rings. The van der Waals surface area contributed by atoms with E-state index in [2.05, 4.69) is 22.0 Å². The molecule has 1 saturated heterocycles. The van der Waals surface area contributed by atoms with Crippen molar-refractivity contribution in [3.8, 4) is 16.3 Å². The second-order valence-electron chi connectivity index (χ2n) is 9.12. The molecule has 0 atom stereocenters. The number of hydrogen-bond acceptors (Lipinski definition) is 5. The maximum atomic E-state index is 13.1. The summed E-state index contributed by atoms with van der Waals surface area (Å²) in [5, 5.41) is 6.87. The average molecular weight is 498 g/mol. The van der Waals surface area contributed by atoms with Crippen LogP contribution in [-0.4, -0.2) is 63.2 Å². The molecule has 184 valence electrons. The van der Waals surface area contributed by atoms with Gasteiger partial charge in [0, 0.05) is 68.9 Å². The first-order valence-corrected chi connectivity index (χ1v) is 13.3. The first-order chi connectivity index (χ1) is 17.7. The van der Waals surface area contributed by atoms with E-state index < -0.39 is 0 Å². The zero-order chi connectivity index (χ0) is 24.7. The number of carbonyl (C=O) groups is 1. The molecule has 5 rings (SSSR count). The Hall–Kier alpha value is -3.55. The summed E-state index contributed by atoms with van der Waals surface area (Å²) in [6.45, 7) is 3.02. The number of likely N-dealkylation sites (tertiary alicyclic amines) is 1. The lowest BCUT2D eigenvalue weighted by molar-refractivity contribution is -0.127. The van der Waals surface area contributed by atoms with Gasteiger partial charge in [-0.2, -0.15) is 5.10 Å². The highest BCUT2D eigenvalue weighted by molar-refractivity contribution is 7.13. The van der Waals surface area contributed by atoms with Gasteiger partial charge in [-0.15, -0.1) is 11.3 Å². The van der Waals surface area contributed by atoms with Gasteiger partial charge in [0.15, 0.2) is 0 Å². The second-order valence-corrected chi connectivity index (χ2v) is 10.1. The van der Waals surface area contributed by atoms with Crippen LogP contribution in [0.15, 0.2) is 84.5 Å². The van der Waals surface area contributed by atoms with Crippen LogP contribution in [0.5, 0.6) is 0 Å². The van der Waals surface area contributed by atoms with Gasteiger partial charge in [0.25, 0.3) is 0 Å². The van der Waals surface area contributed by atoms with Crippen LogP contribution >= 0.6 is 11.3 Å². The van der Waals surface area contributed by atoms with Gasteiger partial charge in [0.2, 0.25) is 5.91 Å². The lowest BCUT2D eigenvalue weighted by atomic mass is 10.0. The molecule has 0 bridgehead atoms. The smallest absolute Gasteiger partial charge is 0.246 e. The summed E-state index contributed by atoms with van der Waals surface area (Å²) in [5.74, 6) is 0.0338. The molecule has 0 saturated carbocycles. The number of carbonyl (C=O) groups excluding carboxylic acids is 1. The highest BCUT2D eigenvalue weighted by atomic mass is 32.1. The van der Waals surface area contributed by atoms with E-state index in [4.69, 9.17) is 5.10 Å². The average Bonchev–Trinajstić information content (AvgIpc) is 3.62. The molecule has 0 N–H and O–H groups in total. The molecule has 3 aromatic heterocycles. The molecule has 36 heavy (non-hydrogen) atoms. The number of para-hydroxylation sites is 1. The normalized spacial score (nSPS) is 14.9. The van der Waals surface area contributed by atoms with E-state index in [9.17, 15) is 4.79 Å². The van der Waals surface area contributed by atoms with E-state index in [1.54, 1.807) is 17.4 Å². The third-order valence-electron chi connectivity index (χ3n) is 6.79. The van der Waals surface area contributed by atoms with Crippen molar-refractivity contribution in [3.05, 3.63) is 95.8 Å². The molecule has 1 aliphatic heterocycles. The fraction of sp³-hybridized carbons (Fsp3) is 0.276. The number of rotatable bonds is 8. The Morgan fingerprint density at radius 2 is 1.89 bits per heavy atom. The molecule has 0 aliphatic carbocycles. The quantitative estimate of drug-likeness (QED) is 0.315. The topological polar surface area (TPSA) is 54.3 Å². The van der Waals surface area contributed by atoms with Crippen LogP contribution in [-0.2, 0) is 11.2 Å². The van der Waals surface area contributed by atoms with Crippen molar-refractivity contribution >= 4 is 23.3 Å². The van der Waals surface area contributed by atoms with Crippen molar-refractivity contribution in [2.75, 3.05) is 26.7 Å². The molecule has 4 heterocycles. The molecular formula is C29H31N5OS. The summed E-state index contributed by atoms with van der Waals surface area (Å²) in [5.41, 5.74) is 3.96. The number of amides is 1. The van der Waals surface area contributed by atoms with E-state index in [1.165, 1.54) is 0 Å². The molecule has 6 nitrogen and oxygen atoms in total. The maximum Gasteiger partial charge on any atom is 0.246 e. The van der Waals surface area contributed by atoms with E-state index in [1.807, 2.05) is 89.0 Å². The summed E-state index contributed by atoms with van der Waals surface area (Å²) in [4.78, 5) is 23.0. The van der Waals surface area contributed by atoms with Crippen molar-refractivity contribution < 1.29 is 4.79 Å². The van der Waals surface area contributed by atoms with Crippen LogP contribution in [0.3, 0.4) is 0 Å². The molecule has 0 radical (unpaired) electrons. The van der Waals surface area contributed by atoms with Crippen LogP contribution in [0.1, 0.15) is 24.1 Å². The minimum atomic E-state index is 0.0338. The third kappa shape index (κ3) is 5.80. The van der Waals surface area contributed by atoms with Crippen LogP contribution in [0.4, 0.5) is 0 Å². The standard InChI is InChI=1S/C29H31N5OS/c1-32(25-15-19-33(20-16-25)18-14-24-8-5-6-17-30-24)28(35)13-12-23-22-34(26-9-3-2-4-10-26)31-29(23)27-11-7-21-36-27/h2-13,17,21-22,25H,14-16,18-20H2,1H3/b13-12+. The largest absolute Gasteiger partial charge is 0.339 e. The predicted octanol–water partition coefficient (Wildman–Crippen LogP) is 5.17. The van der Waals surface area contributed by atoms with Crippen molar-refractivity contribution in [2.45, 2.75) is 25.3 Å². The van der Waals surface area contributed by atoms with Gasteiger partial charge in [-0.25, -0.2) is 4.68 Å². The summed E-state index contributed by atoms with van der Waals surface area (Å²) in [7, 11) is 1.93. The van der Waals surface area contributed by atoms with Crippen LogP contribution < -0.4 is 0 Å². The lowest BCUT2D eigenvalue weighted by Crippen LogP contribution is -2.45. The fourth-order valence-electron chi connectivity index (χ4n) is 4.63. The zero-order valence-corrected chi connectivity index (χ0v) is 21.3. The predicted molar refractivity (Wildman–Crippen MR) is 146 cm³/mol. The van der Waals surface area contributed by atoms with E-state index in [0.717, 1.165) is 66.4 Å². The highest BCUT2D eigenvalue weighted by Crippen LogP contribution is 2.28. The molecular weight excluding hydrogens is 466 g/mol. The Balaban J connectivity index is 1.21. The molecule has 0 spiro atoms. The van der Waals surface area contributed by atoms with E-state index in [0.29, 0.717) is 0 Å². The minimum Gasteiger partial charge on any atom is -0.339 e. The number of benzene rings is 1. The van der Waals surface area contributed by atoms with E-state index >= 15 is 0 Å². The Morgan fingerprint density at radius 1 is 1.08 bits per heavy atom. The number of thiophene rings is 1. The summed E-state index contributed by atoms with van der Waals surface area (Å²) in [6.07, 6.45) is 10.4. The molecule has 1 fully saturated rings. The Bertz CT molecular complexity index is 1280.